The number of ether oxygens (including phenoxy) is 1. The smallest absolute Gasteiger partial charge is 0.246 e. The van der Waals surface area contributed by atoms with Crippen LogP contribution in [0.4, 0.5) is 4.39 Å². The van der Waals surface area contributed by atoms with Gasteiger partial charge in [0.2, 0.25) is 5.91 Å². The van der Waals surface area contributed by atoms with Crippen LogP contribution in [0.15, 0.2) is 79.6 Å². The van der Waals surface area contributed by atoms with E-state index in [1.807, 2.05) is 41.1 Å². The van der Waals surface area contributed by atoms with E-state index in [0.717, 1.165) is 23.7 Å². The average molecular weight is 442 g/mol. The van der Waals surface area contributed by atoms with Gasteiger partial charge in [-0.3, -0.25) is 14.5 Å². The van der Waals surface area contributed by atoms with Crippen LogP contribution in [0.3, 0.4) is 0 Å². The molecule has 1 saturated heterocycles. The molecule has 33 heavy (non-hydrogen) atoms. The van der Waals surface area contributed by atoms with Crippen LogP contribution in [-0.4, -0.2) is 38.7 Å². The molecule has 7 heteroatoms. The molecule has 3 heterocycles. The topological polar surface area (TPSA) is 60.2 Å². The van der Waals surface area contributed by atoms with Crippen molar-refractivity contribution < 1.29 is 13.9 Å². The van der Waals surface area contributed by atoms with Gasteiger partial charge in [-0.25, -0.2) is 4.39 Å². The maximum Gasteiger partial charge on any atom is 0.246 e. The fourth-order valence-electron chi connectivity index (χ4n) is 4.32. The molecule has 1 atom stereocenters. The first-order valence-electron chi connectivity index (χ1n) is 10.9. The van der Waals surface area contributed by atoms with Gasteiger partial charge in [-0.1, -0.05) is 24.8 Å². The van der Waals surface area contributed by atoms with Crippen molar-refractivity contribution in [1.29, 1.82) is 0 Å². The van der Waals surface area contributed by atoms with Crippen molar-refractivity contribution in [2.24, 2.45) is 0 Å². The number of amides is 1. The number of hydrogen-bond donors (Lipinski definition) is 0. The minimum Gasteiger partial charge on any atom is -0.457 e. The Morgan fingerprint density at radius 3 is 2.79 bits per heavy atom. The molecule has 1 aliphatic rings. The number of carbonyl (C=O) groups excluding carboxylic acids is 1. The normalized spacial score (nSPS) is 16.0. The molecule has 0 N–H and O–H groups in total. The number of halogens is 1. The predicted octanol–water partition coefficient (Wildman–Crippen LogP) is 5.38. The van der Waals surface area contributed by atoms with Crippen molar-refractivity contribution in [3.05, 3.63) is 85.5 Å². The Labute approximate surface area is 190 Å². The van der Waals surface area contributed by atoms with Crippen LogP contribution in [-0.2, 0) is 4.79 Å². The molecule has 6 nitrogen and oxygen atoms in total. The predicted molar refractivity (Wildman–Crippen MR) is 124 cm³/mol. The Morgan fingerprint density at radius 2 is 2.00 bits per heavy atom. The van der Waals surface area contributed by atoms with E-state index in [-0.39, 0.29) is 11.9 Å². The van der Waals surface area contributed by atoms with Crippen LogP contribution in [0.1, 0.15) is 18.9 Å². The lowest BCUT2D eigenvalue weighted by molar-refractivity contribution is -0.127. The highest BCUT2D eigenvalue weighted by atomic mass is 19.1. The van der Waals surface area contributed by atoms with Crippen molar-refractivity contribution in [1.82, 2.24) is 19.7 Å². The van der Waals surface area contributed by atoms with E-state index in [9.17, 15) is 4.79 Å². The maximum absolute atomic E-state index is 15.2. The number of nitrogens with zero attached hydrogens (tertiary/aromatic N) is 4. The Bertz CT molecular complexity index is 1320. The second-order valence-corrected chi connectivity index (χ2v) is 8.03. The van der Waals surface area contributed by atoms with E-state index in [2.05, 4.69) is 11.6 Å². The number of benzene rings is 2. The molecule has 166 valence electrons. The minimum atomic E-state index is -0.425. The molecule has 0 bridgehead atoms. The second kappa shape index (κ2) is 8.86. The van der Waals surface area contributed by atoms with Gasteiger partial charge < -0.3 is 9.64 Å². The number of rotatable bonds is 5. The number of aromatic nitrogens is 3. The molecule has 1 amide bonds. The van der Waals surface area contributed by atoms with Crippen LogP contribution in [0.2, 0.25) is 0 Å². The summed E-state index contributed by atoms with van der Waals surface area (Å²) in [7, 11) is 0. The molecule has 2 aromatic carbocycles. The lowest BCUT2D eigenvalue weighted by Gasteiger charge is -2.32. The van der Waals surface area contributed by atoms with Crippen LogP contribution < -0.4 is 4.74 Å². The molecule has 0 aliphatic carbocycles. The van der Waals surface area contributed by atoms with E-state index >= 15 is 4.39 Å². The fourth-order valence-corrected chi connectivity index (χ4v) is 4.32. The number of carbonyl (C=O) groups is 1. The summed E-state index contributed by atoms with van der Waals surface area (Å²) in [6.45, 7) is 4.83. The largest absolute Gasteiger partial charge is 0.457 e. The summed E-state index contributed by atoms with van der Waals surface area (Å²) in [5.74, 6) is 0.540. The van der Waals surface area contributed by atoms with E-state index in [0.29, 0.717) is 35.8 Å². The third-order valence-electron chi connectivity index (χ3n) is 5.91. The number of piperidine rings is 1. The van der Waals surface area contributed by atoms with Crippen LogP contribution in [0.25, 0.3) is 22.2 Å². The highest BCUT2D eigenvalue weighted by molar-refractivity contribution is 5.93. The number of para-hydroxylation sites is 1. The van der Waals surface area contributed by atoms with E-state index in [4.69, 9.17) is 9.84 Å². The minimum absolute atomic E-state index is 0.00921. The summed E-state index contributed by atoms with van der Waals surface area (Å²) >= 11 is 0. The lowest BCUT2D eigenvalue weighted by Crippen LogP contribution is -2.40. The van der Waals surface area contributed by atoms with Crippen molar-refractivity contribution in [2.75, 3.05) is 13.1 Å². The van der Waals surface area contributed by atoms with Crippen LogP contribution in [0, 0.1) is 5.82 Å². The Morgan fingerprint density at radius 1 is 1.15 bits per heavy atom. The summed E-state index contributed by atoms with van der Waals surface area (Å²) < 4.78 is 22.9. The maximum atomic E-state index is 15.2. The lowest BCUT2D eigenvalue weighted by atomic mass is 10.1. The number of likely N-dealkylation sites (tertiary alicyclic amines) is 1. The fraction of sp³-hybridized carbons (Fsp3) is 0.192. The van der Waals surface area contributed by atoms with Crippen molar-refractivity contribution in [3.63, 3.8) is 0 Å². The summed E-state index contributed by atoms with van der Waals surface area (Å²) in [5, 5.41) is 5.57. The van der Waals surface area contributed by atoms with Gasteiger partial charge in [-0.05, 0) is 49.2 Å². The van der Waals surface area contributed by atoms with Gasteiger partial charge in [0.25, 0.3) is 0 Å². The molecule has 5 rings (SSSR count). The molecular formula is C26H23FN4O2. The van der Waals surface area contributed by atoms with Gasteiger partial charge in [-0.2, -0.15) is 5.10 Å². The standard InChI is InChI=1S/C26H23FN4O2/c1-2-25(32)30-14-6-7-18(17-30)31-24-12-13-28-16-22(24)26(29-31)21-11-10-20(15-23(21)27)33-19-8-4-3-5-9-19/h2-5,8-13,15-16,18H,1,6-7,14,17H2. The molecule has 0 radical (unpaired) electrons. The zero-order valence-electron chi connectivity index (χ0n) is 18.0. The summed E-state index contributed by atoms with van der Waals surface area (Å²) in [4.78, 5) is 18.2. The zero-order chi connectivity index (χ0) is 22.8. The molecule has 1 unspecified atom stereocenters. The zero-order valence-corrected chi connectivity index (χ0v) is 18.0. The molecule has 4 aromatic rings. The highest BCUT2D eigenvalue weighted by Gasteiger charge is 2.27. The first kappa shape index (κ1) is 20.9. The molecule has 2 aromatic heterocycles. The first-order valence-corrected chi connectivity index (χ1v) is 10.9. The van der Waals surface area contributed by atoms with Crippen molar-refractivity contribution in [3.8, 4) is 22.8 Å². The van der Waals surface area contributed by atoms with Crippen molar-refractivity contribution in [2.45, 2.75) is 18.9 Å². The quantitative estimate of drug-likeness (QED) is 0.390. The van der Waals surface area contributed by atoms with Gasteiger partial charge in [0.15, 0.2) is 0 Å². The van der Waals surface area contributed by atoms with Crippen molar-refractivity contribution >= 4 is 16.8 Å². The van der Waals surface area contributed by atoms with E-state index in [1.54, 1.807) is 29.4 Å². The molecule has 0 saturated carbocycles. The van der Waals surface area contributed by atoms with E-state index in [1.165, 1.54) is 12.1 Å². The average Bonchev–Trinajstić information content (AvgIpc) is 3.24. The Balaban J connectivity index is 1.50. The SMILES string of the molecule is C=CC(=O)N1CCCC(n2nc(-c3ccc(Oc4ccccc4)cc3F)c3cnccc32)C1. The Hall–Kier alpha value is -4.00. The summed E-state index contributed by atoms with van der Waals surface area (Å²) in [6, 6.07) is 15.9. The molecule has 0 spiro atoms. The Kier molecular flexibility index (Phi) is 5.60. The van der Waals surface area contributed by atoms with Crippen LogP contribution >= 0.6 is 0 Å². The molecular weight excluding hydrogens is 419 g/mol. The van der Waals surface area contributed by atoms with Gasteiger partial charge in [0.1, 0.15) is 23.0 Å². The second-order valence-electron chi connectivity index (χ2n) is 8.03. The number of hydrogen-bond acceptors (Lipinski definition) is 4. The monoisotopic (exact) mass is 442 g/mol. The van der Waals surface area contributed by atoms with Gasteiger partial charge in [-0.15, -0.1) is 0 Å². The summed E-state index contributed by atoms with van der Waals surface area (Å²) in [6.07, 6.45) is 6.50. The summed E-state index contributed by atoms with van der Waals surface area (Å²) in [5.41, 5.74) is 1.76. The van der Waals surface area contributed by atoms with Gasteiger partial charge >= 0.3 is 0 Å². The molecule has 1 aliphatic heterocycles. The van der Waals surface area contributed by atoms with Gasteiger partial charge in [0.05, 0.1) is 11.6 Å². The first-order chi connectivity index (χ1) is 16.1. The third-order valence-corrected chi connectivity index (χ3v) is 5.91. The van der Waals surface area contributed by atoms with Crippen LogP contribution in [0.5, 0.6) is 11.5 Å². The third kappa shape index (κ3) is 4.09. The van der Waals surface area contributed by atoms with Gasteiger partial charge in [0, 0.05) is 42.5 Å². The number of fused-ring (bicyclic) bond motifs is 1. The number of pyridine rings is 1. The van der Waals surface area contributed by atoms with E-state index < -0.39 is 5.82 Å². The molecule has 1 fully saturated rings. The highest BCUT2D eigenvalue weighted by Crippen LogP contribution is 2.35.